The Balaban J connectivity index is 1.01. The van der Waals surface area contributed by atoms with E-state index in [1.807, 2.05) is 54.6 Å². The van der Waals surface area contributed by atoms with Gasteiger partial charge in [0.1, 0.15) is 11.6 Å². The molecule has 4 N–H and O–H groups in total. The minimum Gasteiger partial charge on any atom is -0.467 e. The number of hydrogen-bond acceptors (Lipinski definition) is 7. The molecule has 4 heterocycles. The molecule has 1 aromatic heterocycles. The van der Waals surface area contributed by atoms with E-state index >= 15 is 0 Å². The maximum absolute atomic E-state index is 13.1. The average molecular weight is 619 g/mol. The van der Waals surface area contributed by atoms with Crippen LogP contribution in [0, 0.1) is 0 Å². The van der Waals surface area contributed by atoms with Crippen molar-refractivity contribution in [2.45, 2.75) is 43.3 Å². The molecule has 238 valence electrons. The quantitative estimate of drug-likeness (QED) is 0.303. The number of hydrogen-bond donors (Lipinski definition) is 4. The Hall–Kier alpha value is -5.01. The maximum atomic E-state index is 13.1. The van der Waals surface area contributed by atoms with Crippen molar-refractivity contribution < 1.29 is 23.9 Å². The first-order valence-corrected chi connectivity index (χ1v) is 15.3. The van der Waals surface area contributed by atoms with E-state index in [-0.39, 0.29) is 30.2 Å². The summed E-state index contributed by atoms with van der Waals surface area (Å²) in [6.07, 6.45) is 2.06. The summed E-state index contributed by atoms with van der Waals surface area (Å²) in [5, 5.41) is 8.41. The van der Waals surface area contributed by atoms with Crippen LogP contribution in [0.3, 0.4) is 0 Å². The molecular formula is C31H38N8O6. The molecule has 5 amide bonds. The second-order valence-corrected chi connectivity index (χ2v) is 11.7. The lowest BCUT2D eigenvalue weighted by atomic mass is 9.85. The molecule has 3 saturated heterocycles. The van der Waals surface area contributed by atoms with Crippen LogP contribution in [0.5, 0.6) is 0 Å². The monoisotopic (exact) mass is 618 g/mol. The van der Waals surface area contributed by atoms with Crippen LogP contribution < -0.4 is 26.5 Å². The van der Waals surface area contributed by atoms with Crippen LogP contribution in [0.2, 0.25) is 0 Å². The first-order valence-electron chi connectivity index (χ1n) is 15.3. The molecule has 0 saturated carbocycles. The van der Waals surface area contributed by atoms with Crippen molar-refractivity contribution in [3.63, 3.8) is 0 Å². The Morgan fingerprint density at radius 2 is 1.60 bits per heavy atom. The number of nitrogens with one attached hydrogen (secondary N) is 4. The molecule has 14 heteroatoms. The number of aromatic nitrogens is 2. The van der Waals surface area contributed by atoms with Gasteiger partial charge < -0.3 is 40.4 Å². The van der Waals surface area contributed by atoms with Gasteiger partial charge in [0.2, 0.25) is 5.91 Å². The minimum atomic E-state index is -1.09. The van der Waals surface area contributed by atoms with Crippen molar-refractivity contribution in [2.24, 2.45) is 0 Å². The van der Waals surface area contributed by atoms with Crippen molar-refractivity contribution in [1.82, 2.24) is 35.3 Å². The predicted octanol–water partition coefficient (Wildman–Crippen LogP) is 1.36. The molecular weight excluding hydrogens is 580 g/mol. The van der Waals surface area contributed by atoms with E-state index in [2.05, 4.69) is 25.8 Å². The Morgan fingerprint density at radius 1 is 0.933 bits per heavy atom. The average Bonchev–Trinajstić information content (AvgIpc) is 3.58. The lowest BCUT2D eigenvalue weighted by Gasteiger charge is -2.43. The van der Waals surface area contributed by atoms with Crippen LogP contribution in [0.25, 0.3) is 11.0 Å². The van der Waals surface area contributed by atoms with E-state index in [0.717, 1.165) is 16.7 Å². The topological polar surface area (TPSA) is 161 Å². The zero-order valence-electron chi connectivity index (χ0n) is 25.2. The SMILES string of the molecule is COC(=O)C(CNC(=O)N1CCC2(CC1)C(=O)NCN2c1ccccc1)NC(=O)N1CCC(n2c(=O)[nH]c3ccccc32)CC1. The summed E-state index contributed by atoms with van der Waals surface area (Å²) in [7, 11) is 1.23. The number of ether oxygens (including phenoxy) is 1. The fourth-order valence-corrected chi connectivity index (χ4v) is 6.75. The first-order chi connectivity index (χ1) is 21.8. The number of methoxy groups -OCH3 is 1. The zero-order chi connectivity index (χ0) is 31.6. The number of anilines is 1. The standard InChI is InChI=1S/C31H38N8O6/c1-45-26(40)24(35-29(43)36-15-11-22(12-16-36)39-25-10-6-5-9-23(25)34-30(39)44)19-32-28(42)37-17-13-31(14-18-37)27(41)33-20-38(31)21-7-3-2-4-8-21/h2-10,22,24H,11-20H2,1H3,(H,32,42)(H,33,41)(H,34,44)(H,35,43). The largest absolute Gasteiger partial charge is 0.467 e. The molecule has 3 aliphatic rings. The number of aromatic amines is 1. The smallest absolute Gasteiger partial charge is 0.330 e. The summed E-state index contributed by atoms with van der Waals surface area (Å²) < 4.78 is 6.65. The van der Waals surface area contributed by atoms with Crippen molar-refractivity contribution in [2.75, 3.05) is 51.4 Å². The van der Waals surface area contributed by atoms with Crippen molar-refractivity contribution in [3.8, 4) is 0 Å². The highest BCUT2D eigenvalue weighted by Crippen LogP contribution is 2.36. The van der Waals surface area contributed by atoms with Crippen LogP contribution in [0.1, 0.15) is 31.7 Å². The number of amides is 5. The predicted molar refractivity (Wildman–Crippen MR) is 166 cm³/mol. The van der Waals surface area contributed by atoms with Gasteiger partial charge in [0.15, 0.2) is 0 Å². The number of benzene rings is 2. The number of imidazole rings is 1. The third-order valence-corrected chi connectivity index (χ3v) is 9.26. The second kappa shape index (κ2) is 12.5. The molecule has 3 aliphatic heterocycles. The molecule has 3 fully saturated rings. The molecule has 1 unspecified atom stereocenters. The summed E-state index contributed by atoms with van der Waals surface area (Å²) in [4.78, 5) is 72.5. The number of piperidine rings is 2. The number of esters is 1. The summed E-state index contributed by atoms with van der Waals surface area (Å²) in [6.45, 7) is 1.75. The number of rotatable bonds is 6. The van der Waals surface area contributed by atoms with Gasteiger partial charge in [0.05, 0.1) is 31.4 Å². The maximum Gasteiger partial charge on any atom is 0.330 e. The van der Waals surface area contributed by atoms with Gasteiger partial charge in [-0.2, -0.15) is 0 Å². The van der Waals surface area contributed by atoms with E-state index in [9.17, 15) is 24.0 Å². The van der Waals surface area contributed by atoms with Crippen molar-refractivity contribution in [1.29, 1.82) is 0 Å². The van der Waals surface area contributed by atoms with Crippen LogP contribution in [0.4, 0.5) is 15.3 Å². The number of urea groups is 2. The minimum absolute atomic E-state index is 0.0441. The van der Waals surface area contributed by atoms with Crippen LogP contribution in [-0.4, -0.2) is 101 Å². The van der Waals surface area contributed by atoms with Gasteiger partial charge in [-0.1, -0.05) is 30.3 Å². The number of carbonyl (C=O) groups excluding carboxylic acids is 4. The third kappa shape index (κ3) is 5.79. The molecule has 1 atom stereocenters. The summed E-state index contributed by atoms with van der Waals surface area (Å²) in [5.74, 6) is -0.722. The van der Waals surface area contributed by atoms with Crippen LogP contribution in [-0.2, 0) is 14.3 Å². The van der Waals surface area contributed by atoms with Gasteiger partial charge in [-0.25, -0.2) is 19.2 Å². The van der Waals surface area contributed by atoms with Gasteiger partial charge in [-0.05, 0) is 49.9 Å². The Morgan fingerprint density at radius 3 is 2.31 bits per heavy atom. The lowest BCUT2D eigenvalue weighted by Crippen LogP contribution is -2.59. The summed E-state index contributed by atoms with van der Waals surface area (Å²) in [6, 6.07) is 15.2. The van der Waals surface area contributed by atoms with Gasteiger partial charge in [0.25, 0.3) is 0 Å². The van der Waals surface area contributed by atoms with E-state index in [1.165, 1.54) is 7.11 Å². The third-order valence-electron chi connectivity index (χ3n) is 9.26. The Labute approximate surface area is 259 Å². The van der Waals surface area contributed by atoms with E-state index in [4.69, 9.17) is 4.74 Å². The van der Waals surface area contributed by atoms with Gasteiger partial charge in [-0.3, -0.25) is 9.36 Å². The molecule has 2 aromatic carbocycles. The zero-order valence-corrected chi connectivity index (χ0v) is 25.2. The lowest BCUT2D eigenvalue weighted by molar-refractivity contribution is -0.142. The van der Waals surface area contributed by atoms with Crippen LogP contribution in [0.15, 0.2) is 59.4 Å². The Kier molecular flexibility index (Phi) is 8.37. The normalized spacial score (nSPS) is 19.0. The highest BCUT2D eigenvalue weighted by Gasteiger charge is 2.50. The van der Waals surface area contributed by atoms with Crippen LogP contribution >= 0.6 is 0 Å². The highest BCUT2D eigenvalue weighted by molar-refractivity contribution is 5.94. The molecule has 0 radical (unpaired) electrons. The molecule has 6 rings (SSSR count). The van der Waals surface area contributed by atoms with E-state index in [0.29, 0.717) is 58.5 Å². The fraction of sp³-hybridized carbons (Fsp3) is 0.452. The Bertz CT molecular complexity index is 1620. The van der Waals surface area contributed by atoms with Crippen molar-refractivity contribution in [3.05, 3.63) is 65.1 Å². The van der Waals surface area contributed by atoms with Gasteiger partial charge in [0, 0.05) is 37.9 Å². The number of fused-ring (bicyclic) bond motifs is 1. The molecule has 1 spiro atoms. The number of carbonyl (C=O) groups is 4. The number of likely N-dealkylation sites (tertiary alicyclic amines) is 2. The summed E-state index contributed by atoms with van der Waals surface area (Å²) >= 11 is 0. The van der Waals surface area contributed by atoms with Crippen molar-refractivity contribution >= 4 is 40.7 Å². The van der Waals surface area contributed by atoms with Gasteiger partial charge in [-0.15, -0.1) is 0 Å². The highest BCUT2D eigenvalue weighted by atomic mass is 16.5. The molecule has 3 aromatic rings. The van der Waals surface area contributed by atoms with E-state index in [1.54, 1.807) is 14.4 Å². The number of para-hydroxylation sites is 3. The molecule has 0 aliphatic carbocycles. The molecule has 14 nitrogen and oxygen atoms in total. The van der Waals surface area contributed by atoms with E-state index < -0.39 is 23.6 Å². The second-order valence-electron chi connectivity index (χ2n) is 11.7. The first kappa shape index (κ1) is 30.0. The number of H-pyrrole nitrogens is 1. The number of nitrogens with zero attached hydrogens (tertiary/aromatic N) is 4. The summed E-state index contributed by atoms with van der Waals surface area (Å²) in [5.41, 5.74) is 1.64. The molecule has 0 bridgehead atoms. The molecule has 45 heavy (non-hydrogen) atoms. The van der Waals surface area contributed by atoms with Gasteiger partial charge >= 0.3 is 23.7 Å². The fourth-order valence-electron chi connectivity index (χ4n) is 6.75.